The summed E-state index contributed by atoms with van der Waals surface area (Å²) in [7, 11) is 0. The first-order valence-corrected chi connectivity index (χ1v) is 41.2. The highest BCUT2D eigenvalue weighted by atomic mass is 16.7. The van der Waals surface area contributed by atoms with Crippen LogP contribution in [0, 0.1) is 107 Å². The van der Waals surface area contributed by atoms with Crippen LogP contribution < -0.4 is 0 Å². The number of ether oxygens (including phenoxy) is 8. The van der Waals surface area contributed by atoms with Crippen LogP contribution in [0.3, 0.4) is 0 Å². The van der Waals surface area contributed by atoms with Gasteiger partial charge < -0.3 is 37.9 Å². The minimum absolute atomic E-state index is 0.00790. The van der Waals surface area contributed by atoms with E-state index in [1.165, 1.54) is 29.2 Å². The van der Waals surface area contributed by atoms with Crippen LogP contribution in [-0.4, -0.2) is 90.2 Å². The van der Waals surface area contributed by atoms with E-state index in [4.69, 9.17) is 37.9 Å². The Labute approximate surface area is 717 Å². The lowest BCUT2D eigenvalue weighted by Crippen LogP contribution is -2.15. The third-order valence-corrected chi connectivity index (χ3v) is 20.2. The molecule has 0 aliphatic rings. The third kappa shape index (κ3) is 26.6. The number of rotatable bonds is 28. The molecular formula is C97H126N12O12. The van der Waals surface area contributed by atoms with Gasteiger partial charge in [-0.05, 0) is 156 Å². The molecule has 646 valence electrons. The highest BCUT2D eigenvalue weighted by Gasteiger charge is 2.29. The molecule has 24 heteroatoms. The molecule has 0 N–H and O–H groups in total. The number of nitrogens with zero attached hydrogens (tertiary/aromatic N) is 12. The van der Waals surface area contributed by atoms with Crippen LogP contribution in [-0.2, 0) is 105 Å². The lowest BCUT2D eigenvalue weighted by molar-refractivity contribution is -0.155. The molecule has 0 radical (unpaired) electrons. The van der Waals surface area contributed by atoms with E-state index >= 15 is 0 Å². The summed E-state index contributed by atoms with van der Waals surface area (Å²) in [5.41, 5.74) is 19.2. The Morgan fingerprint density at radius 1 is 0.347 bits per heavy atom. The number of hydrogen-bond acceptors (Lipinski definition) is 20. The average Bonchev–Trinajstić information content (AvgIpc) is 1.69. The number of carbonyl (C=O) groups excluding carboxylic acids is 4. The summed E-state index contributed by atoms with van der Waals surface area (Å²) in [6.07, 6.45) is 1.28. The van der Waals surface area contributed by atoms with E-state index < -0.39 is 5.97 Å². The minimum atomic E-state index is -0.450. The maximum absolute atomic E-state index is 11.9. The number of aryl methyl sites for hydroxylation is 8. The van der Waals surface area contributed by atoms with Gasteiger partial charge in [-0.25, -0.2) is 0 Å². The number of carbonyl (C=O) groups is 4. The first-order valence-electron chi connectivity index (χ1n) is 41.2. The van der Waals surface area contributed by atoms with Crippen LogP contribution in [0.25, 0.3) is 45.3 Å². The standard InChI is InChI=1S/2C25H33N3O3.C24H31N3O3.C23H29N3O3/c1-9-28-22(17(4)18(5)27-28)23(30-15-31-24(29)16(2)3)21(14-26)19-10-12-20(13-11-19)25(6,7)8;1-8-10-22(29)30-16-31-24(23-17(3)18(4)27-28(23)9-2)21(15-26)19-11-13-20(14-12-19)25(5,6)7;1-8-21(28)29-15-30-23(22-16(3)17(4)26-27(22)9-2)20(14-25)18-10-12-19(13-11-18)24(5,6)7;1-8-26-21(15(2)16(3)25-26)22(29-14-28-17(4)27)20(13-24)18-9-11-19(12-10-18)23(5,6)7/h10-13,16H,9,15H2,1-8H3;11-14H,8-10,16H2,1-7H3;10-13H,8-9,15H2,1-7H3;9-12H,8,14H2,1-7H3/b23-21-;24-21-;23-20-;22-20-. The van der Waals surface area contributed by atoms with Crippen molar-refractivity contribution in [2.75, 3.05) is 27.2 Å². The fourth-order valence-corrected chi connectivity index (χ4v) is 12.5. The quantitative estimate of drug-likeness (QED) is 0.0145. The van der Waals surface area contributed by atoms with Gasteiger partial charge in [0.15, 0.2) is 23.0 Å². The summed E-state index contributed by atoms with van der Waals surface area (Å²) >= 11 is 0. The van der Waals surface area contributed by atoms with Gasteiger partial charge in [-0.1, -0.05) is 208 Å². The molecule has 24 nitrogen and oxygen atoms in total. The van der Waals surface area contributed by atoms with Crippen molar-refractivity contribution in [1.82, 2.24) is 39.1 Å². The molecule has 0 amide bonds. The van der Waals surface area contributed by atoms with Crippen molar-refractivity contribution in [1.29, 1.82) is 21.0 Å². The Bertz CT molecular complexity index is 5210. The molecule has 8 aromatic rings. The summed E-state index contributed by atoms with van der Waals surface area (Å²) in [5.74, 6) is -0.300. The van der Waals surface area contributed by atoms with Gasteiger partial charge in [0.25, 0.3) is 0 Å². The third-order valence-electron chi connectivity index (χ3n) is 20.2. The molecule has 4 heterocycles. The van der Waals surface area contributed by atoms with Gasteiger partial charge in [0.1, 0.15) is 69.3 Å². The van der Waals surface area contributed by atoms with Gasteiger partial charge in [0.2, 0.25) is 27.2 Å². The molecule has 0 aliphatic heterocycles. The number of esters is 4. The van der Waals surface area contributed by atoms with Crippen LogP contribution in [0.5, 0.6) is 0 Å². The molecule has 0 bridgehead atoms. The molecule has 0 saturated carbocycles. The molecule has 0 spiro atoms. The molecular weight excluding hydrogens is 1530 g/mol. The fourth-order valence-electron chi connectivity index (χ4n) is 12.5. The highest BCUT2D eigenvalue weighted by Crippen LogP contribution is 2.38. The SMILES string of the molecule is CCC(=O)OCO/C(=C(/C#N)c1ccc(C(C)(C)C)cc1)c1c(C)c(C)nn1CC.CCCC(=O)OCO/C(=C(/C#N)c1ccc(C(C)(C)C)cc1)c1c(C)c(C)nn1CC.CCn1nc(C)c(C)c1/C(OCOC(=O)C(C)C)=C(\C#N)c1ccc(C(C)(C)C)cc1.CCn1nc(C)c(C)c1/C(OCOC(C)=O)=C(\C#N)c1ccc(C(C)(C)C)cc1. The van der Waals surface area contributed by atoms with Gasteiger partial charge >= 0.3 is 23.9 Å². The summed E-state index contributed by atoms with van der Waals surface area (Å²) in [5, 5.41) is 58.4. The fraction of sp³-hybridized carbons (Fsp3) is 0.464. The monoisotopic (exact) mass is 1650 g/mol. The van der Waals surface area contributed by atoms with Crippen molar-refractivity contribution in [2.24, 2.45) is 5.92 Å². The van der Waals surface area contributed by atoms with Gasteiger partial charge in [0.05, 0.1) is 28.7 Å². The smallest absolute Gasteiger partial charge is 0.311 e. The second-order valence-corrected chi connectivity index (χ2v) is 33.5. The normalized spacial score (nSPS) is 12.2. The van der Waals surface area contributed by atoms with Gasteiger partial charge in [0, 0.05) is 68.2 Å². The second-order valence-electron chi connectivity index (χ2n) is 33.5. The van der Waals surface area contributed by atoms with Crippen molar-refractivity contribution < 1.29 is 57.1 Å². The lowest BCUT2D eigenvalue weighted by Gasteiger charge is -2.20. The van der Waals surface area contributed by atoms with Crippen molar-refractivity contribution in [3.05, 3.63) is 209 Å². The zero-order valence-electron chi connectivity index (χ0n) is 76.9. The Balaban J connectivity index is 0.000000287. The number of hydrogen-bond donors (Lipinski definition) is 0. The van der Waals surface area contributed by atoms with Crippen molar-refractivity contribution >= 4 is 69.2 Å². The predicted molar refractivity (Wildman–Crippen MR) is 474 cm³/mol. The van der Waals surface area contributed by atoms with E-state index in [9.17, 15) is 40.2 Å². The van der Waals surface area contributed by atoms with Crippen LogP contribution in [0.1, 0.15) is 277 Å². The molecule has 121 heavy (non-hydrogen) atoms. The van der Waals surface area contributed by atoms with Gasteiger partial charge in [-0.15, -0.1) is 0 Å². The highest BCUT2D eigenvalue weighted by molar-refractivity contribution is 5.98. The van der Waals surface area contributed by atoms with E-state index in [2.05, 4.69) is 128 Å². The van der Waals surface area contributed by atoms with E-state index in [0.717, 1.165) is 84.4 Å². The van der Waals surface area contributed by atoms with Crippen LogP contribution in [0.2, 0.25) is 0 Å². The van der Waals surface area contributed by atoms with Crippen molar-refractivity contribution in [3.8, 4) is 24.3 Å². The summed E-state index contributed by atoms with van der Waals surface area (Å²) in [6, 6.07) is 40.8. The van der Waals surface area contributed by atoms with Crippen molar-refractivity contribution in [2.45, 2.75) is 268 Å². The number of aromatic nitrogens is 8. The molecule has 0 saturated heterocycles. The van der Waals surface area contributed by atoms with E-state index in [1.54, 1.807) is 25.5 Å². The largest absolute Gasteiger partial charge is 0.454 e. The van der Waals surface area contributed by atoms with Crippen LogP contribution in [0.15, 0.2) is 97.1 Å². The number of allylic oxidation sites excluding steroid dienone is 4. The molecule has 0 fully saturated rings. The Hall–Kier alpha value is -12.3. The minimum Gasteiger partial charge on any atom is -0.454 e. The molecule has 4 aromatic carbocycles. The average molecular weight is 1650 g/mol. The first kappa shape index (κ1) is 99.3. The van der Waals surface area contributed by atoms with E-state index in [1.807, 2.05) is 201 Å². The van der Waals surface area contributed by atoms with E-state index in [0.29, 0.717) is 90.0 Å². The maximum atomic E-state index is 11.9. The van der Waals surface area contributed by atoms with Crippen molar-refractivity contribution in [3.63, 3.8) is 0 Å². The maximum Gasteiger partial charge on any atom is 0.311 e. The molecule has 4 aromatic heterocycles. The Morgan fingerprint density at radius 3 is 0.760 bits per heavy atom. The predicted octanol–water partition coefficient (Wildman–Crippen LogP) is 20.8. The number of nitriles is 4. The summed E-state index contributed by atoms with van der Waals surface area (Å²) in [4.78, 5) is 46.4. The zero-order valence-corrected chi connectivity index (χ0v) is 76.9. The molecule has 0 unspecified atom stereocenters. The molecule has 0 atom stereocenters. The van der Waals surface area contributed by atoms with Gasteiger partial charge in [-0.3, -0.25) is 37.9 Å². The van der Waals surface area contributed by atoms with Gasteiger partial charge in [-0.2, -0.15) is 41.4 Å². The zero-order chi connectivity index (χ0) is 90.8. The Morgan fingerprint density at radius 2 is 0.570 bits per heavy atom. The first-order chi connectivity index (χ1) is 56.9. The topological polar surface area (TPSA) is 309 Å². The molecule has 8 rings (SSSR count). The van der Waals surface area contributed by atoms with E-state index in [-0.39, 0.29) is 79.1 Å². The summed E-state index contributed by atoms with van der Waals surface area (Å²) in [6.45, 7) is 59.0. The van der Waals surface area contributed by atoms with Crippen LogP contribution >= 0.6 is 0 Å². The lowest BCUT2D eigenvalue weighted by atomic mass is 9.86. The summed E-state index contributed by atoms with van der Waals surface area (Å²) < 4.78 is 51.4. The Kier molecular flexibility index (Phi) is 36.7. The molecule has 0 aliphatic carbocycles. The number of benzene rings is 4. The van der Waals surface area contributed by atoms with Crippen LogP contribution in [0.4, 0.5) is 0 Å². The second kappa shape index (κ2) is 44.7.